The molecule has 0 aliphatic heterocycles. The van der Waals surface area contributed by atoms with Crippen LogP contribution in [-0.2, 0) is 16.1 Å². The van der Waals surface area contributed by atoms with Crippen LogP contribution in [0.2, 0.25) is 0 Å². The van der Waals surface area contributed by atoms with E-state index in [1.807, 2.05) is 38.1 Å². The molecule has 0 N–H and O–H groups in total. The molecular weight excluding hydrogens is 243 g/mol. The van der Waals surface area contributed by atoms with Crippen molar-refractivity contribution < 1.29 is 4.79 Å². The zero-order chi connectivity index (χ0) is 12.2. The van der Waals surface area contributed by atoms with Gasteiger partial charge >= 0.3 is 0 Å². The van der Waals surface area contributed by atoms with E-state index in [0.29, 0.717) is 18.7 Å². The van der Waals surface area contributed by atoms with Gasteiger partial charge in [-0.1, -0.05) is 24.3 Å². The zero-order valence-corrected chi connectivity index (χ0v) is 11.1. The molecule has 0 amide bonds. The first-order valence-electron chi connectivity index (χ1n) is 5.29. The Morgan fingerprint density at radius 1 is 1.25 bits per heavy atom. The second-order valence-corrected chi connectivity index (χ2v) is 5.65. The van der Waals surface area contributed by atoms with Crippen LogP contribution in [0.3, 0.4) is 0 Å². The fourth-order valence-electron chi connectivity index (χ4n) is 1.44. The second kappa shape index (κ2) is 5.70. The molecule has 0 heterocycles. The number of ketones is 1. The highest BCUT2D eigenvalue weighted by atomic mass is 35.5. The molecule has 0 saturated carbocycles. The van der Waals surface area contributed by atoms with Crippen molar-refractivity contribution in [1.82, 2.24) is 0 Å². The van der Waals surface area contributed by atoms with Crippen molar-refractivity contribution in [3.8, 4) is 0 Å². The molecule has 0 spiro atoms. The van der Waals surface area contributed by atoms with Crippen LogP contribution in [-0.4, -0.2) is 11.7 Å². The summed E-state index contributed by atoms with van der Waals surface area (Å²) in [7, 11) is 0. The van der Waals surface area contributed by atoms with Crippen molar-refractivity contribution in [3.63, 3.8) is 0 Å². The summed E-state index contributed by atoms with van der Waals surface area (Å²) in [6.07, 6.45) is 0.889. The van der Waals surface area contributed by atoms with E-state index in [4.69, 9.17) is 23.2 Å². The van der Waals surface area contributed by atoms with Gasteiger partial charge in [0.1, 0.15) is 5.78 Å². The summed E-state index contributed by atoms with van der Waals surface area (Å²) >= 11 is 11.7. The molecule has 1 nitrogen and oxygen atoms in total. The molecule has 1 rings (SSSR count). The number of carbonyl (C=O) groups excluding carboxylic acids is 1. The molecule has 0 unspecified atom stereocenters. The summed E-state index contributed by atoms with van der Waals surface area (Å²) in [6, 6.07) is 7.84. The van der Waals surface area contributed by atoms with Crippen molar-refractivity contribution in [2.75, 3.05) is 5.88 Å². The first-order chi connectivity index (χ1) is 7.43. The van der Waals surface area contributed by atoms with E-state index in [1.54, 1.807) is 0 Å². The predicted octanol–water partition coefficient (Wildman–Crippen LogP) is 3.90. The van der Waals surface area contributed by atoms with Gasteiger partial charge in [0.15, 0.2) is 0 Å². The fourth-order valence-corrected chi connectivity index (χ4v) is 1.78. The van der Waals surface area contributed by atoms with Gasteiger partial charge in [0, 0.05) is 18.7 Å². The number of carbonyl (C=O) groups is 1. The molecule has 0 bridgehead atoms. The molecule has 0 aliphatic carbocycles. The maximum Gasteiger partial charge on any atom is 0.138 e. The van der Waals surface area contributed by atoms with Crippen LogP contribution in [0.25, 0.3) is 0 Å². The van der Waals surface area contributed by atoms with Crippen molar-refractivity contribution >= 4 is 29.0 Å². The van der Waals surface area contributed by atoms with Crippen LogP contribution >= 0.6 is 23.2 Å². The SMILES string of the molecule is CC(C)(Cl)c1ccc(CC(=O)CCCl)cc1. The summed E-state index contributed by atoms with van der Waals surface area (Å²) in [5.41, 5.74) is 2.07. The Hall–Kier alpha value is -0.530. The van der Waals surface area contributed by atoms with Crippen LogP contribution in [0.4, 0.5) is 0 Å². The highest BCUT2D eigenvalue weighted by Gasteiger charge is 2.15. The average molecular weight is 259 g/mol. The summed E-state index contributed by atoms with van der Waals surface area (Å²) in [6.45, 7) is 3.89. The van der Waals surface area contributed by atoms with E-state index in [9.17, 15) is 4.79 Å². The molecular formula is C13H16Cl2O. The molecule has 0 radical (unpaired) electrons. The number of Topliss-reactive ketones (excluding diaryl/α,β-unsaturated/α-hetero) is 1. The van der Waals surface area contributed by atoms with Gasteiger partial charge in [0.05, 0.1) is 4.87 Å². The maximum atomic E-state index is 11.4. The standard InChI is InChI=1S/C13H16Cl2O/c1-13(2,15)11-5-3-10(4-6-11)9-12(16)7-8-14/h3-6H,7-9H2,1-2H3. The molecule has 0 aliphatic rings. The van der Waals surface area contributed by atoms with Crippen LogP contribution < -0.4 is 0 Å². The quantitative estimate of drug-likeness (QED) is 0.733. The van der Waals surface area contributed by atoms with Crippen LogP contribution in [0, 0.1) is 0 Å². The van der Waals surface area contributed by atoms with Gasteiger partial charge in [-0.2, -0.15) is 0 Å². The summed E-state index contributed by atoms with van der Waals surface area (Å²) in [4.78, 5) is 11.0. The van der Waals surface area contributed by atoms with Gasteiger partial charge in [-0.25, -0.2) is 0 Å². The smallest absolute Gasteiger partial charge is 0.138 e. The van der Waals surface area contributed by atoms with Gasteiger partial charge in [0.25, 0.3) is 0 Å². The lowest BCUT2D eigenvalue weighted by atomic mass is 9.99. The Labute approximate surface area is 107 Å². The number of benzene rings is 1. The number of alkyl halides is 2. The van der Waals surface area contributed by atoms with Crippen LogP contribution in [0.1, 0.15) is 31.4 Å². The number of hydrogen-bond donors (Lipinski definition) is 0. The lowest BCUT2D eigenvalue weighted by Crippen LogP contribution is -2.08. The topological polar surface area (TPSA) is 17.1 Å². The highest BCUT2D eigenvalue weighted by molar-refractivity contribution is 6.23. The third-order valence-electron chi connectivity index (χ3n) is 2.42. The second-order valence-electron chi connectivity index (χ2n) is 4.32. The monoisotopic (exact) mass is 258 g/mol. The molecule has 1 aromatic carbocycles. The minimum atomic E-state index is -0.362. The minimum Gasteiger partial charge on any atom is -0.299 e. The third-order valence-corrected chi connectivity index (χ3v) is 2.82. The van der Waals surface area contributed by atoms with E-state index < -0.39 is 0 Å². The van der Waals surface area contributed by atoms with E-state index in [1.165, 1.54) is 0 Å². The highest BCUT2D eigenvalue weighted by Crippen LogP contribution is 2.27. The average Bonchev–Trinajstić information content (AvgIpc) is 2.17. The van der Waals surface area contributed by atoms with Crippen LogP contribution in [0.15, 0.2) is 24.3 Å². The maximum absolute atomic E-state index is 11.4. The van der Waals surface area contributed by atoms with Gasteiger partial charge in [-0.3, -0.25) is 4.79 Å². The summed E-state index contributed by atoms with van der Waals surface area (Å²) in [5, 5.41) is 0. The van der Waals surface area contributed by atoms with Gasteiger partial charge in [-0.15, -0.1) is 23.2 Å². The Balaban J connectivity index is 2.69. The van der Waals surface area contributed by atoms with E-state index >= 15 is 0 Å². The molecule has 16 heavy (non-hydrogen) atoms. The molecule has 0 saturated heterocycles. The first-order valence-corrected chi connectivity index (χ1v) is 6.20. The van der Waals surface area contributed by atoms with E-state index in [2.05, 4.69) is 0 Å². The van der Waals surface area contributed by atoms with E-state index in [0.717, 1.165) is 11.1 Å². The van der Waals surface area contributed by atoms with Crippen molar-refractivity contribution in [1.29, 1.82) is 0 Å². The molecule has 1 aromatic rings. The molecule has 0 aromatic heterocycles. The Morgan fingerprint density at radius 2 is 1.81 bits per heavy atom. The lowest BCUT2D eigenvalue weighted by molar-refractivity contribution is -0.118. The molecule has 0 atom stereocenters. The first kappa shape index (κ1) is 13.5. The Morgan fingerprint density at radius 3 is 2.25 bits per heavy atom. The molecule has 3 heteroatoms. The molecule has 0 fully saturated rings. The van der Waals surface area contributed by atoms with Gasteiger partial charge in [-0.05, 0) is 25.0 Å². The summed E-state index contributed by atoms with van der Waals surface area (Å²) < 4.78 is 0. The largest absolute Gasteiger partial charge is 0.299 e. The number of hydrogen-bond acceptors (Lipinski definition) is 1. The van der Waals surface area contributed by atoms with Crippen LogP contribution in [0.5, 0.6) is 0 Å². The fraction of sp³-hybridized carbons (Fsp3) is 0.462. The van der Waals surface area contributed by atoms with Crippen molar-refractivity contribution in [2.24, 2.45) is 0 Å². The Bertz CT molecular complexity index is 349. The predicted molar refractivity (Wildman–Crippen MR) is 69.4 cm³/mol. The lowest BCUT2D eigenvalue weighted by Gasteiger charge is -2.16. The normalized spacial score (nSPS) is 11.5. The van der Waals surface area contributed by atoms with Crippen molar-refractivity contribution in [2.45, 2.75) is 31.6 Å². The van der Waals surface area contributed by atoms with E-state index in [-0.39, 0.29) is 10.7 Å². The Kier molecular flexibility index (Phi) is 4.82. The number of rotatable bonds is 5. The number of halogens is 2. The van der Waals surface area contributed by atoms with Crippen molar-refractivity contribution in [3.05, 3.63) is 35.4 Å². The zero-order valence-electron chi connectivity index (χ0n) is 9.59. The molecule has 88 valence electrons. The minimum absolute atomic E-state index is 0.174. The van der Waals surface area contributed by atoms with Gasteiger partial charge in [0.2, 0.25) is 0 Å². The summed E-state index contributed by atoms with van der Waals surface area (Å²) in [5.74, 6) is 0.568. The van der Waals surface area contributed by atoms with Gasteiger partial charge < -0.3 is 0 Å². The third kappa shape index (κ3) is 4.15.